The minimum atomic E-state index is -1.04. The second kappa shape index (κ2) is 8.40. The normalized spacial score (nSPS) is 26.2. The van der Waals surface area contributed by atoms with Crippen LogP contribution in [0.4, 0.5) is 4.79 Å². The molecule has 1 aliphatic heterocycles. The van der Waals surface area contributed by atoms with Gasteiger partial charge in [-0.15, -0.1) is 0 Å². The highest BCUT2D eigenvalue weighted by Crippen LogP contribution is 2.39. The Kier molecular flexibility index (Phi) is 6.20. The van der Waals surface area contributed by atoms with E-state index in [0.717, 1.165) is 12.8 Å². The highest BCUT2D eigenvalue weighted by atomic mass is 16.3. The number of benzene rings is 1. The number of nitrogens with zero attached hydrogens (tertiary/aromatic N) is 1. The molecule has 3 rings (SSSR count). The molecule has 5 heteroatoms. The predicted molar refractivity (Wildman–Crippen MR) is 102 cm³/mol. The molecule has 1 saturated carbocycles. The molecule has 1 atom stereocenters. The third-order valence-corrected chi connectivity index (χ3v) is 6.27. The summed E-state index contributed by atoms with van der Waals surface area (Å²) in [5.41, 5.74) is 0.321. The van der Waals surface area contributed by atoms with Crippen LogP contribution in [0.2, 0.25) is 0 Å². The molecule has 3 N–H and O–H groups in total. The lowest BCUT2D eigenvalue weighted by atomic mass is 9.69. The molecule has 5 nitrogen and oxygen atoms in total. The van der Waals surface area contributed by atoms with Gasteiger partial charge in [0, 0.05) is 25.0 Å². The van der Waals surface area contributed by atoms with Gasteiger partial charge in [-0.3, -0.25) is 0 Å². The van der Waals surface area contributed by atoms with Crippen molar-refractivity contribution in [1.82, 2.24) is 10.2 Å². The van der Waals surface area contributed by atoms with Gasteiger partial charge in [-0.2, -0.15) is 0 Å². The van der Waals surface area contributed by atoms with Crippen molar-refractivity contribution in [2.45, 2.75) is 62.4 Å². The molecule has 144 valence electrons. The fraction of sp³-hybridized carbons (Fsp3) is 0.667. The molecular weight excluding hydrogens is 328 g/mol. The number of nitrogens with one attached hydrogen (secondary N) is 1. The van der Waals surface area contributed by atoms with Crippen molar-refractivity contribution in [3.05, 3.63) is 35.9 Å². The Balaban J connectivity index is 1.63. The summed E-state index contributed by atoms with van der Waals surface area (Å²) in [4.78, 5) is 14.5. The molecular formula is C21H32N2O3. The van der Waals surface area contributed by atoms with E-state index in [-0.39, 0.29) is 18.1 Å². The Labute approximate surface area is 156 Å². The van der Waals surface area contributed by atoms with Gasteiger partial charge in [-0.05, 0) is 37.7 Å². The maximum absolute atomic E-state index is 12.7. The fourth-order valence-electron chi connectivity index (χ4n) is 4.48. The first-order valence-electron chi connectivity index (χ1n) is 9.99. The van der Waals surface area contributed by atoms with E-state index in [2.05, 4.69) is 29.6 Å². The molecule has 1 aliphatic carbocycles. The van der Waals surface area contributed by atoms with Crippen molar-refractivity contribution in [3.63, 3.8) is 0 Å². The third kappa shape index (κ3) is 4.38. The minimum absolute atomic E-state index is 0.0346. The number of aliphatic hydroxyl groups excluding tert-OH is 1. The number of likely N-dealkylation sites (tertiary alicyclic amines) is 1. The van der Waals surface area contributed by atoms with Gasteiger partial charge in [-0.1, -0.05) is 49.6 Å². The number of amides is 2. The molecule has 1 aromatic carbocycles. The van der Waals surface area contributed by atoms with E-state index in [1.165, 1.54) is 24.8 Å². The Morgan fingerprint density at radius 3 is 2.42 bits per heavy atom. The number of rotatable bonds is 4. The predicted octanol–water partition coefficient (Wildman–Crippen LogP) is 2.81. The Morgan fingerprint density at radius 2 is 1.73 bits per heavy atom. The van der Waals surface area contributed by atoms with Gasteiger partial charge in [0.25, 0.3) is 0 Å². The monoisotopic (exact) mass is 360 g/mol. The number of urea groups is 1. The zero-order valence-electron chi connectivity index (χ0n) is 15.6. The van der Waals surface area contributed by atoms with Crippen LogP contribution in [0.5, 0.6) is 0 Å². The van der Waals surface area contributed by atoms with Gasteiger partial charge in [0.05, 0.1) is 12.2 Å². The first-order chi connectivity index (χ1) is 12.6. The van der Waals surface area contributed by atoms with Crippen LogP contribution in [0.3, 0.4) is 0 Å². The number of carbonyl (C=O) groups is 1. The van der Waals surface area contributed by atoms with Gasteiger partial charge in [0.15, 0.2) is 0 Å². The Bertz CT molecular complexity index is 586. The maximum atomic E-state index is 12.7. The summed E-state index contributed by atoms with van der Waals surface area (Å²) in [5.74, 6) is 0. The molecule has 0 bridgehead atoms. The summed E-state index contributed by atoms with van der Waals surface area (Å²) >= 11 is 0. The zero-order chi connectivity index (χ0) is 18.5. The Hall–Kier alpha value is -1.59. The van der Waals surface area contributed by atoms with E-state index in [1.807, 2.05) is 6.07 Å². The van der Waals surface area contributed by atoms with Crippen molar-refractivity contribution in [3.8, 4) is 0 Å². The van der Waals surface area contributed by atoms with Crippen molar-refractivity contribution in [2.24, 2.45) is 0 Å². The second-order valence-electron chi connectivity index (χ2n) is 8.09. The van der Waals surface area contributed by atoms with Crippen LogP contribution in [0.1, 0.15) is 56.9 Å². The SMILES string of the molecule is O=C(NCC1(c2ccccc2)CCCCC1)N1CCC[C@](O)(CO)CC1. The summed E-state index contributed by atoms with van der Waals surface area (Å²) in [7, 11) is 0. The molecule has 0 aromatic heterocycles. The van der Waals surface area contributed by atoms with Gasteiger partial charge in [0.2, 0.25) is 0 Å². The van der Waals surface area contributed by atoms with Crippen LogP contribution < -0.4 is 5.32 Å². The van der Waals surface area contributed by atoms with Crippen LogP contribution in [-0.4, -0.2) is 53.0 Å². The first-order valence-corrected chi connectivity index (χ1v) is 9.99. The van der Waals surface area contributed by atoms with Gasteiger partial charge in [0.1, 0.15) is 0 Å². The summed E-state index contributed by atoms with van der Waals surface area (Å²) < 4.78 is 0. The smallest absolute Gasteiger partial charge is 0.317 e. The molecule has 1 saturated heterocycles. The second-order valence-corrected chi connectivity index (χ2v) is 8.09. The van der Waals surface area contributed by atoms with Crippen LogP contribution in [0, 0.1) is 0 Å². The lowest BCUT2D eigenvalue weighted by Crippen LogP contribution is -2.48. The average molecular weight is 360 g/mol. The maximum Gasteiger partial charge on any atom is 0.317 e. The molecule has 2 aliphatic rings. The van der Waals surface area contributed by atoms with Crippen LogP contribution in [0.25, 0.3) is 0 Å². The molecule has 0 unspecified atom stereocenters. The number of carbonyl (C=O) groups excluding carboxylic acids is 1. The molecule has 2 amide bonds. The summed E-state index contributed by atoms with van der Waals surface area (Å²) in [6, 6.07) is 10.5. The van der Waals surface area contributed by atoms with Crippen molar-refractivity contribution < 1.29 is 15.0 Å². The van der Waals surface area contributed by atoms with E-state index in [4.69, 9.17) is 0 Å². The molecule has 2 fully saturated rings. The lowest BCUT2D eigenvalue weighted by Gasteiger charge is -2.38. The minimum Gasteiger partial charge on any atom is -0.393 e. The lowest BCUT2D eigenvalue weighted by molar-refractivity contribution is -0.0248. The topological polar surface area (TPSA) is 72.8 Å². The summed E-state index contributed by atoms with van der Waals surface area (Å²) in [6.45, 7) is 1.55. The van der Waals surface area contributed by atoms with E-state index < -0.39 is 5.60 Å². The zero-order valence-corrected chi connectivity index (χ0v) is 15.6. The van der Waals surface area contributed by atoms with E-state index in [1.54, 1.807) is 4.90 Å². The quantitative estimate of drug-likeness (QED) is 0.773. The summed E-state index contributed by atoms with van der Waals surface area (Å²) in [5, 5.41) is 22.8. The molecule has 0 spiro atoms. The number of hydrogen-bond donors (Lipinski definition) is 3. The van der Waals surface area contributed by atoms with Gasteiger partial charge >= 0.3 is 6.03 Å². The molecule has 0 radical (unpaired) electrons. The Morgan fingerprint density at radius 1 is 1.00 bits per heavy atom. The van der Waals surface area contributed by atoms with Crippen molar-refractivity contribution in [2.75, 3.05) is 26.2 Å². The van der Waals surface area contributed by atoms with Crippen molar-refractivity contribution >= 4 is 6.03 Å². The van der Waals surface area contributed by atoms with Crippen LogP contribution in [0.15, 0.2) is 30.3 Å². The van der Waals surface area contributed by atoms with Gasteiger partial charge < -0.3 is 20.4 Å². The fourth-order valence-corrected chi connectivity index (χ4v) is 4.48. The molecule has 1 heterocycles. The number of hydrogen-bond acceptors (Lipinski definition) is 3. The standard InChI is InChI=1S/C21H32N2O3/c24-17-21(26)12-7-14-23(15-13-21)19(25)22-16-20(10-5-2-6-11-20)18-8-3-1-4-9-18/h1,3-4,8-9,24,26H,2,5-7,10-17H2,(H,22,25)/t21-/m1/s1. The highest BCUT2D eigenvalue weighted by molar-refractivity contribution is 5.74. The van der Waals surface area contributed by atoms with E-state index >= 15 is 0 Å². The van der Waals surface area contributed by atoms with Crippen LogP contribution >= 0.6 is 0 Å². The first kappa shape index (κ1) is 19.2. The van der Waals surface area contributed by atoms with Crippen molar-refractivity contribution in [1.29, 1.82) is 0 Å². The van der Waals surface area contributed by atoms with Gasteiger partial charge in [-0.25, -0.2) is 4.79 Å². The summed E-state index contributed by atoms with van der Waals surface area (Å²) in [6.07, 6.45) is 7.60. The molecule has 1 aromatic rings. The highest BCUT2D eigenvalue weighted by Gasteiger charge is 2.35. The van der Waals surface area contributed by atoms with E-state index in [9.17, 15) is 15.0 Å². The number of aliphatic hydroxyl groups is 2. The average Bonchev–Trinajstić information content (AvgIpc) is 2.90. The molecule has 26 heavy (non-hydrogen) atoms. The van der Waals surface area contributed by atoms with E-state index in [0.29, 0.717) is 38.9 Å². The van der Waals surface area contributed by atoms with Crippen LogP contribution in [-0.2, 0) is 5.41 Å². The largest absolute Gasteiger partial charge is 0.393 e. The third-order valence-electron chi connectivity index (χ3n) is 6.27.